The van der Waals surface area contributed by atoms with Crippen molar-refractivity contribution in [1.82, 2.24) is 5.01 Å². The maximum atomic E-state index is 9.73. The fourth-order valence-electron chi connectivity index (χ4n) is 0.894. The van der Waals surface area contributed by atoms with E-state index in [0.29, 0.717) is 0 Å². The van der Waals surface area contributed by atoms with Crippen molar-refractivity contribution in [3.8, 4) is 0 Å². The summed E-state index contributed by atoms with van der Waals surface area (Å²) in [6.45, 7) is 1.74. The molecule has 1 rings (SSSR count). The highest BCUT2D eigenvalue weighted by atomic mass is 16.1. The summed E-state index contributed by atoms with van der Waals surface area (Å²) in [5.74, 6) is 0. The first-order valence-electron chi connectivity index (χ1n) is 3.08. The van der Waals surface area contributed by atoms with E-state index in [0.717, 1.165) is 25.9 Å². The van der Waals surface area contributed by atoms with E-state index in [1.54, 1.807) is 5.01 Å². The molecule has 0 atom stereocenters. The van der Waals surface area contributed by atoms with Gasteiger partial charge in [0.25, 0.3) is 6.08 Å². The number of isocyanates is 1. The second kappa shape index (κ2) is 3.25. The summed E-state index contributed by atoms with van der Waals surface area (Å²) in [6, 6.07) is 0. The quantitative estimate of drug-likeness (QED) is 0.378. The van der Waals surface area contributed by atoms with Gasteiger partial charge in [-0.15, -0.1) is 0 Å². The van der Waals surface area contributed by atoms with E-state index in [2.05, 4.69) is 11.5 Å². The van der Waals surface area contributed by atoms with Gasteiger partial charge in [-0.05, 0) is 19.3 Å². The Morgan fingerprint density at radius 1 is 1.44 bits per heavy atom. The average Bonchev–Trinajstić information content (AvgIpc) is 1.91. The maximum absolute atomic E-state index is 9.73. The molecule has 1 saturated heterocycles. The topological polar surface area (TPSA) is 32.7 Å². The van der Waals surface area contributed by atoms with Crippen LogP contribution >= 0.6 is 0 Å². The molecule has 1 heterocycles. The Labute approximate surface area is 54.3 Å². The van der Waals surface area contributed by atoms with Gasteiger partial charge in [-0.2, -0.15) is 0 Å². The van der Waals surface area contributed by atoms with Gasteiger partial charge in [-0.1, -0.05) is 5.10 Å². The first-order chi connectivity index (χ1) is 4.43. The van der Waals surface area contributed by atoms with Gasteiger partial charge in [0.1, 0.15) is 0 Å². The number of hydrazone groups is 1. The minimum Gasteiger partial charge on any atom is -0.286 e. The molecule has 3 nitrogen and oxygen atoms in total. The normalized spacial score (nSPS) is 18.9. The average molecular weight is 125 g/mol. The molecule has 9 heavy (non-hydrogen) atoms. The van der Waals surface area contributed by atoms with Gasteiger partial charge in [0.15, 0.2) is 0 Å². The zero-order chi connectivity index (χ0) is 6.53. The lowest BCUT2D eigenvalue weighted by atomic mass is 10.2. The molecule has 0 spiro atoms. The molecule has 1 fully saturated rings. The number of carbonyl (C=O) groups excluding carboxylic acids is 1. The minimum atomic E-state index is 0.870. The zero-order valence-electron chi connectivity index (χ0n) is 5.21. The van der Waals surface area contributed by atoms with Crippen LogP contribution in [0, 0.1) is 6.42 Å². The van der Waals surface area contributed by atoms with Crippen LogP contribution in [-0.4, -0.2) is 24.2 Å². The fraction of sp³-hybridized carbons (Fsp3) is 0.667. The highest BCUT2D eigenvalue weighted by Crippen LogP contribution is 2.06. The number of hydrogen-bond donors (Lipinski definition) is 0. The summed E-state index contributed by atoms with van der Waals surface area (Å²) >= 11 is 0. The van der Waals surface area contributed by atoms with Crippen molar-refractivity contribution in [1.29, 1.82) is 0 Å². The van der Waals surface area contributed by atoms with Crippen LogP contribution in [0.15, 0.2) is 5.10 Å². The minimum absolute atomic E-state index is 0.870. The van der Waals surface area contributed by atoms with Crippen molar-refractivity contribution in [3.05, 3.63) is 6.42 Å². The monoisotopic (exact) mass is 125 g/mol. The number of hydrogen-bond acceptors (Lipinski definition) is 3. The summed E-state index contributed by atoms with van der Waals surface area (Å²) in [5, 5.41) is 5.23. The summed E-state index contributed by atoms with van der Waals surface area (Å²) in [6.07, 6.45) is 5.80. The first-order valence-corrected chi connectivity index (χ1v) is 3.08. The second-order valence-electron chi connectivity index (χ2n) is 2.01. The predicted molar refractivity (Wildman–Crippen MR) is 33.2 cm³/mol. The molecule has 1 aliphatic rings. The number of rotatable bonds is 1. The summed E-state index contributed by atoms with van der Waals surface area (Å²) in [4.78, 5) is 9.73. The number of nitrogens with zero attached hydrogens (tertiary/aromatic N) is 2. The van der Waals surface area contributed by atoms with Gasteiger partial charge in [0.05, 0.1) is 0 Å². The van der Waals surface area contributed by atoms with E-state index in [1.807, 2.05) is 0 Å². The van der Waals surface area contributed by atoms with Gasteiger partial charge in [-0.25, -0.2) is 4.79 Å². The van der Waals surface area contributed by atoms with E-state index in [9.17, 15) is 4.79 Å². The third-order valence-corrected chi connectivity index (χ3v) is 1.36. The van der Waals surface area contributed by atoms with Crippen LogP contribution in [0.5, 0.6) is 0 Å². The Hall–Kier alpha value is -0.820. The van der Waals surface area contributed by atoms with Crippen LogP contribution in [0.25, 0.3) is 0 Å². The molecule has 0 N–H and O–H groups in total. The SMILES string of the molecule is O=C=NN1CC[CH]CC1. The van der Waals surface area contributed by atoms with Crippen molar-refractivity contribution in [2.75, 3.05) is 13.1 Å². The fourth-order valence-corrected chi connectivity index (χ4v) is 0.894. The summed E-state index contributed by atoms with van der Waals surface area (Å²) < 4.78 is 0. The molecule has 0 aromatic heterocycles. The molecule has 0 aromatic rings. The van der Waals surface area contributed by atoms with Crippen LogP contribution in [0.1, 0.15) is 12.8 Å². The van der Waals surface area contributed by atoms with Gasteiger partial charge in [-0.3, -0.25) is 5.01 Å². The van der Waals surface area contributed by atoms with Crippen LogP contribution in [0.2, 0.25) is 0 Å². The summed E-state index contributed by atoms with van der Waals surface area (Å²) in [7, 11) is 0. The van der Waals surface area contributed by atoms with Crippen molar-refractivity contribution in [3.63, 3.8) is 0 Å². The van der Waals surface area contributed by atoms with Gasteiger partial charge in [0, 0.05) is 13.1 Å². The Morgan fingerprint density at radius 2 is 2.11 bits per heavy atom. The van der Waals surface area contributed by atoms with E-state index in [1.165, 1.54) is 6.08 Å². The van der Waals surface area contributed by atoms with Gasteiger partial charge < -0.3 is 0 Å². The van der Waals surface area contributed by atoms with Crippen LogP contribution in [0.4, 0.5) is 0 Å². The highest BCUT2D eigenvalue weighted by molar-refractivity contribution is 5.32. The lowest BCUT2D eigenvalue weighted by Crippen LogP contribution is -2.24. The van der Waals surface area contributed by atoms with Crippen molar-refractivity contribution < 1.29 is 4.79 Å². The molecule has 3 heteroatoms. The standard InChI is InChI=1S/C6H9N2O/c9-6-7-8-4-2-1-3-5-8/h1H,2-5H2. The van der Waals surface area contributed by atoms with Crippen molar-refractivity contribution >= 4 is 6.08 Å². The van der Waals surface area contributed by atoms with E-state index in [4.69, 9.17) is 0 Å². The highest BCUT2D eigenvalue weighted by Gasteiger charge is 2.05. The van der Waals surface area contributed by atoms with Crippen LogP contribution in [0.3, 0.4) is 0 Å². The molecule has 1 aliphatic heterocycles. The molecule has 0 saturated carbocycles. The molecule has 1 radical (unpaired) electrons. The Bertz CT molecular complexity index is 123. The van der Waals surface area contributed by atoms with Crippen molar-refractivity contribution in [2.24, 2.45) is 5.10 Å². The van der Waals surface area contributed by atoms with Crippen LogP contribution in [-0.2, 0) is 4.79 Å². The van der Waals surface area contributed by atoms with Gasteiger partial charge in [0.2, 0.25) is 0 Å². The Morgan fingerprint density at radius 3 is 2.67 bits per heavy atom. The molecule has 49 valence electrons. The van der Waals surface area contributed by atoms with E-state index in [-0.39, 0.29) is 0 Å². The predicted octanol–water partition coefficient (Wildman–Crippen LogP) is 0.537. The molecule has 0 amide bonds. The molecular formula is C6H9N2O. The Kier molecular flexibility index (Phi) is 2.28. The molecule has 0 unspecified atom stereocenters. The van der Waals surface area contributed by atoms with E-state index < -0.39 is 0 Å². The molecule has 0 aliphatic carbocycles. The maximum Gasteiger partial charge on any atom is 0.258 e. The molecular weight excluding hydrogens is 116 g/mol. The van der Waals surface area contributed by atoms with Crippen LogP contribution < -0.4 is 0 Å². The smallest absolute Gasteiger partial charge is 0.258 e. The van der Waals surface area contributed by atoms with Gasteiger partial charge >= 0.3 is 0 Å². The first kappa shape index (κ1) is 6.30. The Balaban J connectivity index is 2.31. The largest absolute Gasteiger partial charge is 0.286 e. The lowest BCUT2D eigenvalue weighted by Gasteiger charge is -2.20. The zero-order valence-corrected chi connectivity index (χ0v) is 5.21. The van der Waals surface area contributed by atoms with Crippen molar-refractivity contribution in [2.45, 2.75) is 12.8 Å². The number of piperidine rings is 1. The summed E-state index contributed by atoms with van der Waals surface area (Å²) in [5.41, 5.74) is 0. The molecule has 0 aromatic carbocycles. The second-order valence-corrected chi connectivity index (χ2v) is 2.01. The van der Waals surface area contributed by atoms with E-state index >= 15 is 0 Å². The molecule has 0 bridgehead atoms. The third kappa shape index (κ3) is 1.86. The lowest BCUT2D eigenvalue weighted by molar-refractivity contribution is 0.265. The third-order valence-electron chi connectivity index (χ3n) is 1.36.